The van der Waals surface area contributed by atoms with Crippen molar-refractivity contribution in [2.24, 2.45) is 5.10 Å². The summed E-state index contributed by atoms with van der Waals surface area (Å²) in [4.78, 5) is 40.2. The van der Waals surface area contributed by atoms with E-state index in [0.717, 1.165) is 11.3 Å². The number of rotatable bonds is 5. The van der Waals surface area contributed by atoms with Crippen LogP contribution >= 0.6 is 11.3 Å². The lowest BCUT2D eigenvalue weighted by Crippen LogP contribution is -2.39. The molecule has 2 aromatic rings. The largest absolute Gasteiger partial charge is 0.477 e. The van der Waals surface area contributed by atoms with Crippen molar-refractivity contribution in [1.82, 2.24) is 10.3 Å². The molecule has 8 nitrogen and oxygen atoms in total. The number of carbonyl (C=O) groups excluding carboxylic acids is 2. The van der Waals surface area contributed by atoms with Crippen LogP contribution in [0.1, 0.15) is 46.2 Å². The number of thiazole rings is 1. The van der Waals surface area contributed by atoms with Gasteiger partial charge in [0.15, 0.2) is 0 Å². The van der Waals surface area contributed by atoms with Crippen LogP contribution in [0.5, 0.6) is 0 Å². The minimum Gasteiger partial charge on any atom is -0.477 e. The highest BCUT2D eigenvalue weighted by Crippen LogP contribution is 2.24. The van der Waals surface area contributed by atoms with Gasteiger partial charge in [-0.1, -0.05) is 18.2 Å². The highest BCUT2D eigenvalue weighted by Gasteiger charge is 2.27. The minimum atomic E-state index is -1.04. The van der Waals surface area contributed by atoms with Gasteiger partial charge < -0.3 is 10.4 Å². The zero-order valence-corrected chi connectivity index (χ0v) is 15.6. The van der Waals surface area contributed by atoms with Gasteiger partial charge in [-0.2, -0.15) is 5.10 Å². The third kappa shape index (κ3) is 4.03. The Labute approximate surface area is 159 Å². The first-order valence-corrected chi connectivity index (χ1v) is 9.15. The van der Waals surface area contributed by atoms with Crippen molar-refractivity contribution >= 4 is 40.5 Å². The first-order chi connectivity index (χ1) is 12.9. The Morgan fingerprint density at radius 2 is 1.96 bits per heavy atom. The maximum absolute atomic E-state index is 12.6. The molecule has 1 aliphatic rings. The van der Waals surface area contributed by atoms with Gasteiger partial charge in [0.25, 0.3) is 5.91 Å². The van der Waals surface area contributed by atoms with E-state index in [0.29, 0.717) is 16.4 Å². The fourth-order valence-electron chi connectivity index (χ4n) is 2.63. The fourth-order valence-corrected chi connectivity index (χ4v) is 3.54. The number of aromatic carboxylic acids is 1. The molecule has 2 heterocycles. The summed E-state index contributed by atoms with van der Waals surface area (Å²) < 4.78 is 0. The van der Waals surface area contributed by atoms with Gasteiger partial charge in [0.2, 0.25) is 5.91 Å². The van der Waals surface area contributed by atoms with Crippen LogP contribution < -0.4 is 10.3 Å². The number of carboxylic acid groups (broad SMARTS) is 1. The Morgan fingerprint density at radius 3 is 2.59 bits per heavy atom. The highest BCUT2D eigenvalue weighted by molar-refractivity contribution is 7.13. The number of para-hydroxylation sites is 1. The van der Waals surface area contributed by atoms with Gasteiger partial charge in [-0.15, -0.1) is 11.3 Å². The zero-order chi connectivity index (χ0) is 19.6. The summed E-state index contributed by atoms with van der Waals surface area (Å²) in [5.74, 6) is -1.61. The van der Waals surface area contributed by atoms with E-state index in [1.54, 1.807) is 38.1 Å². The zero-order valence-electron chi connectivity index (χ0n) is 14.8. The van der Waals surface area contributed by atoms with E-state index in [1.165, 1.54) is 5.01 Å². The van der Waals surface area contributed by atoms with Crippen LogP contribution in [0.3, 0.4) is 0 Å². The molecule has 1 atom stereocenters. The van der Waals surface area contributed by atoms with Crippen molar-refractivity contribution in [3.05, 3.63) is 45.9 Å². The van der Waals surface area contributed by atoms with Crippen molar-refractivity contribution in [3.63, 3.8) is 0 Å². The number of hydrazone groups is 1. The summed E-state index contributed by atoms with van der Waals surface area (Å²) in [5.41, 5.74) is 1.26. The second-order valence-corrected chi connectivity index (χ2v) is 7.09. The maximum Gasteiger partial charge on any atom is 0.347 e. The Hall–Kier alpha value is -3.07. The summed E-state index contributed by atoms with van der Waals surface area (Å²) in [6.45, 7) is 3.35. The maximum atomic E-state index is 12.6. The Bertz CT molecular complexity index is 923. The number of carbonyl (C=O) groups is 3. The van der Waals surface area contributed by atoms with Crippen molar-refractivity contribution in [2.75, 3.05) is 5.01 Å². The van der Waals surface area contributed by atoms with Crippen molar-refractivity contribution < 1.29 is 19.5 Å². The van der Waals surface area contributed by atoms with Crippen LogP contribution in [0.2, 0.25) is 0 Å². The molecule has 0 fully saturated rings. The monoisotopic (exact) mass is 386 g/mol. The quantitative estimate of drug-likeness (QED) is 0.820. The van der Waals surface area contributed by atoms with E-state index in [1.807, 2.05) is 6.07 Å². The van der Waals surface area contributed by atoms with Gasteiger partial charge in [-0.05, 0) is 26.0 Å². The van der Waals surface area contributed by atoms with E-state index in [4.69, 9.17) is 5.11 Å². The number of amides is 2. The molecular weight excluding hydrogens is 368 g/mol. The van der Waals surface area contributed by atoms with E-state index >= 15 is 0 Å². The average molecular weight is 386 g/mol. The summed E-state index contributed by atoms with van der Waals surface area (Å²) in [6.07, 6.45) is 0.438. The molecule has 27 heavy (non-hydrogen) atoms. The number of aryl methyl sites for hydroxylation is 1. The summed E-state index contributed by atoms with van der Waals surface area (Å²) in [7, 11) is 0. The van der Waals surface area contributed by atoms with Gasteiger partial charge >= 0.3 is 5.97 Å². The lowest BCUT2D eigenvalue weighted by molar-refractivity contribution is -0.119. The van der Waals surface area contributed by atoms with Gasteiger partial charge in [-0.3, -0.25) is 9.59 Å². The molecule has 0 radical (unpaired) electrons. The number of anilines is 1. The lowest BCUT2D eigenvalue weighted by atomic mass is 10.1. The number of nitrogens with one attached hydrogen (secondary N) is 1. The Kier molecular flexibility index (Phi) is 5.31. The molecular formula is C18H18N4O4S. The van der Waals surface area contributed by atoms with Gasteiger partial charge in [-0.25, -0.2) is 14.8 Å². The van der Waals surface area contributed by atoms with Crippen LogP contribution in [0.15, 0.2) is 35.4 Å². The number of hydrogen-bond donors (Lipinski definition) is 2. The smallest absolute Gasteiger partial charge is 0.347 e. The number of carboxylic acids is 1. The lowest BCUT2D eigenvalue weighted by Gasteiger charge is -2.23. The van der Waals surface area contributed by atoms with Crippen LogP contribution in [0.25, 0.3) is 0 Å². The van der Waals surface area contributed by atoms with Gasteiger partial charge in [0.1, 0.15) is 15.6 Å². The highest BCUT2D eigenvalue weighted by atomic mass is 32.1. The van der Waals surface area contributed by atoms with E-state index in [-0.39, 0.29) is 29.3 Å². The summed E-state index contributed by atoms with van der Waals surface area (Å²) >= 11 is 1.03. The fraction of sp³-hybridized carbons (Fsp3) is 0.278. The number of benzene rings is 1. The van der Waals surface area contributed by atoms with Crippen LogP contribution in [0.4, 0.5) is 5.69 Å². The molecule has 0 spiro atoms. The molecule has 1 aliphatic heterocycles. The molecule has 3 rings (SSSR count). The first-order valence-electron chi connectivity index (χ1n) is 8.33. The molecule has 2 amide bonds. The molecule has 2 N–H and O–H groups in total. The third-order valence-corrected chi connectivity index (χ3v) is 5.35. The van der Waals surface area contributed by atoms with E-state index in [9.17, 15) is 14.4 Å². The summed E-state index contributed by atoms with van der Waals surface area (Å²) in [5, 5.41) is 17.9. The SMILES string of the molecule is Cc1nc(C(C)NC(=O)C2=NN(c3ccccc3)C(=O)CC2)sc1C(=O)O. The Morgan fingerprint density at radius 1 is 1.26 bits per heavy atom. The third-order valence-electron chi connectivity index (χ3n) is 4.02. The molecule has 1 unspecified atom stereocenters. The van der Waals surface area contributed by atoms with Gasteiger partial charge in [0, 0.05) is 12.8 Å². The predicted molar refractivity (Wildman–Crippen MR) is 101 cm³/mol. The molecule has 0 saturated heterocycles. The normalized spacial score (nSPS) is 15.3. The molecule has 1 aromatic carbocycles. The minimum absolute atomic E-state index is 0.155. The second kappa shape index (κ2) is 7.67. The summed E-state index contributed by atoms with van der Waals surface area (Å²) in [6, 6.07) is 8.43. The second-order valence-electron chi connectivity index (χ2n) is 6.05. The Balaban J connectivity index is 1.76. The van der Waals surface area contributed by atoms with Crippen LogP contribution in [-0.4, -0.2) is 33.6 Å². The number of aromatic nitrogens is 1. The van der Waals surface area contributed by atoms with Crippen LogP contribution in [-0.2, 0) is 9.59 Å². The molecule has 1 aromatic heterocycles. The molecule has 0 bridgehead atoms. The molecule has 9 heteroatoms. The van der Waals surface area contributed by atoms with E-state index < -0.39 is 17.9 Å². The molecule has 0 saturated carbocycles. The van der Waals surface area contributed by atoms with Crippen LogP contribution in [0, 0.1) is 6.92 Å². The van der Waals surface area contributed by atoms with Gasteiger partial charge in [0.05, 0.1) is 17.4 Å². The first kappa shape index (κ1) is 18.7. The standard InChI is InChI=1S/C18H18N4O4S/c1-10-15(18(25)26)27-17(20-10)11(2)19-16(24)13-8-9-14(23)22(21-13)12-6-4-3-5-7-12/h3-7,11H,8-9H2,1-2H3,(H,19,24)(H,25,26). The van der Waals surface area contributed by atoms with Crippen molar-refractivity contribution in [3.8, 4) is 0 Å². The number of nitrogens with zero attached hydrogens (tertiary/aromatic N) is 3. The van der Waals surface area contributed by atoms with E-state index in [2.05, 4.69) is 15.4 Å². The van der Waals surface area contributed by atoms with Crippen molar-refractivity contribution in [2.45, 2.75) is 32.7 Å². The molecule has 0 aliphatic carbocycles. The number of hydrogen-bond acceptors (Lipinski definition) is 6. The predicted octanol–water partition coefficient (Wildman–Crippen LogP) is 2.51. The average Bonchev–Trinajstić information content (AvgIpc) is 3.05. The molecule has 140 valence electrons. The van der Waals surface area contributed by atoms with Crippen molar-refractivity contribution in [1.29, 1.82) is 0 Å². The topological polar surface area (TPSA) is 112 Å².